The highest BCUT2D eigenvalue weighted by atomic mass is 19.3. The predicted octanol–water partition coefficient (Wildman–Crippen LogP) is 1.18. The zero-order valence-corrected chi connectivity index (χ0v) is 17.2. The Hall–Kier alpha value is -2.79. The highest BCUT2D eigenvalue weighted by molar-refractivity contribution is 6.10. The second-order valence-corrected chi connectivity index (χ2v) is 7.69. The molecule has 1 aliphatic heterocycles. The number of morpholine rings is 1. The Balaban J connectivity index is 1.79. The largest absolute Gasteiger partial charge is 0.433 e. The number of alkyl halides is 2. The first kappa shape index (κ1) is 22.9. The third-order valence-corrected chi connectivity index (χ3v) is 5.47. The maximum Gasteiger partial charge on any atom is 0.387 e. The summed E-state index contributed by atoms with van der Waals surface area (Å²) in [6.45, 7) is -2.17. The molecule has 0 bridgehead atoms. The highest BCUT2D eigenvalue weighted by Gasteiger charge is 2.32. The smallest absolute Gasteiger partial charge is 0.387 e. The standard InChI is InChI=1S/C20H26F2N4O5/c1-25(10-12-3-2-4-12)17(18(23)28)19(29)24-14-6-5-13(9-15(14)31-20(21)22)26-7-8-30-11-16(26)27/h5-6,9,12,17,20H,2-4,7-8,10-11H2,1H3,(H2,23,28)(H,24,29)/t17-/m1/s1. The van der Waals surface area contributed by atoms with E-state index in [-0.39, 0.29) is 30.5 Å². The lowest BCUT2D eigenvalue weighted by Gasteiger charge is -2.33. The van der Waals surface area contributed by atoms with Gasteiger partial charge in [0.2, 0.25) is 5.91 Å². The average Bonchev–Trinajstić information content (AvgIpc) is 2.66. The highest BCUT2D eigenvalue weighted by Crippen LogP contribution is 2.32. The second-order valence-electron chi connectivity index (χ2n) is 7.69. The van der Waals surface area contributed by atoms with Gasteiger partial charge in [-0.1, -0.05) is 6.42 Å². The van der Waals surface area contributed by atoms with Crippen molar-refractivity contribution in [1.29, 1.82) is 0 Å². The Morgan fingerprint density at radius 3 is 2.71 bits per heavy atom. The maximum absolute atomic E-state index is 13.0. The van der Waals surface area contributed by atoms with E-state index in [0.717, 1.165) is 19.3 Å². The monoisotopic (exact) mass is 440 g/mol. The zero-order chi connectivity index (χ0) is 22.5. The molecule has 0 aromatic heterocycles. The number of nitrogens with one attached hydrogen (secondary N) is 1. The number of hydrogen-bond donors (Lipinski definition) is 2. The third-order valence-electron chi connectivity index (χ3n) is 5.47. The third kappa shape index (κ3) is 5.67. The fourth-order valence-electron chi connectivity index (χ4n) is 3.70. The van der Waals surface area contributed by atoms with Crippen molar-refractivity contribution >= 4 is 29.1 Å². The fraction of sp³-hybridized carbons (Fsp3) is 0.550. The van der Waals surface area contributed by atoms with Gasteiger partial charge in [-0.2, -0.15) is 8.78 Å². The van der Waals surface area contributed by atoms with Crippen molar-refractivity contribution in [2.75, 3.05) is 43.6 Å². The molecule has 1 aromatic carbocycles. The van der Waals surface area contributed by atoms with Gasteiger partial charge in [0, 0.05) is 24.8 Å². The van der Waals surface area contributed by atoms with Crippen LogP contribution in [0, 0.1) is 5.92 Å². The van der Waals surface area contributed by atoms with Crippen molar-refractivity contribution in [2.45, 2.75) is 31.9 Å². The summed E-state index contributed by atoms with van der Waals surface area (Å²) in [6, 6.07) is 2.81. The molecule has 1 atom stereocenters. The van der Waals surface area contributed by atoms with Gasteiger partial charge in [0.25, 0.3) is 11.8 Å². The molecule has 9 nitrogen and oxygen atoms in total. The van der Waals surface area contributed by atoms with Gasteiger partial charge in [0.1, 0.15) is 6.61 Å². The SMILES string of the molecule is CN(CC1CCC1)[C@H](C(N)=O)C(=O)Nc1ccc(N2CCOCC2=O)cc1OC(F)F. The molecule has 0 unspecified atom stereocenters. The molecule has 3 N–H and O–H groups in total. The molecule has 2 aliphatic rings. The topological polar surface area (TPSA) is 114 Å². The quantitative estimate of drug-likeness (QED) is 0.558. The first-order valence-electron chi connectivity index (χ1n) is 10.0. The van der Waals surface area contributed by atoms with Crippen LogP contribution in [-0.4, -0.2) is 68.6 Å². The number of rotatable bonds is 9. The molecule has 1 saturated heterocycles. The average molecular weight is 440 g/mol. The summed E-state index contributed by atoms with van der Waals surface area (Å²) < 4.78 is 35.6. The normalized spacial score (nSPS) is 18.1. The van der Waals surface area contributed by atoms with Gasteiger partial charge in [0.05, 0.1) is 12.3 Å². The van der Waals surface area contributed by atoms with Gasteiger partial charge in [-0.3, -0.25) is 19.3 Å². The number of anilines is 2. The summed E-state index contributed by atoms with van der Waals surface area (Å²) in [5.41, 5.74) is 5.71. The van der Waals surface area contributed by atoms with Gasteiger partial charge in [-0.25, -0.2) is 0 Å². The number of hydrogen-bond acceptors (Lipinski definition) is 6. The number of nitrogens with zero attached hydrogens (tertiary/aromatic N) is 2. The lowest BCUT2D eigenvalue weighted by molar-refractivity contribution is -0.132. The maximum atomic E-state index is 13.0. The van der Waals surface area contributed by atoms with Crippen LogP contribution in [0.25, 0.3) is 0 Å². The van der Waals surface area contributed by atoms with Crippen LogP contribution < -0.4 is 20.7 Å². The molecule has 1 aromatic rings. The van der Waals surface area contributed by atoms with E-state index in [1.165, 1.54) is 23.1 Å². The Bertz CT molecular complexity index is 834. The predicted molar refractivity (Wildman–Crippen MR) is 108 cm³/mol. The van der Waals surface area contributed by atoms with Crippen LogP contribution in [-0.2, 0) is 19.1 Å². The number of amides is 3. The Labute approximate surface area is 178 Å². The van der Waals surface area contributed by atoms with Gasteiger partial charge in [0.15, 0.2) is 11.8 Å². The minimum Gasteiger partial charge on any atom is -0.433 e. The Kier molecular flexibility index (Phi) is 7.39. The summed E-state index contributed by atoms with van der Waals surface area (Å²) in [4.78, 5) is 39.7. The molecule has 2 fully saturated rings. The van der Waals surface area contributed by atoms with Crippen molar-refractivity contribution in [3.8, 4) is 5.75 Å². The summed E-state index contributed by atoms with van der Waals surface area (Å²) >= 11 is 0. The van der Waals surface area contributed by atoms with E-state index in [4.69, 9.17) is 10.5 Å². The number of carbonyl (C=O) groups excluding carboxylic acids is 3. The second kappa shape index (κ2) is 10.0. The van der Waals surface area contributed by atoms with E-state index in [2.05, 4.69) is 10.1 Å². The molecule has 0 spiro atoms. The summed E-state index contributed by atoms with van der Waals surface area (Å²) in [5.74, 6) is -1.85. The number of halogens is 2. The van der Waals surface area contributed by atoms with E-state index in [0.29, 0.717) is 24.8 Å². The molecule has 1 aliphatic carbocycles. The Morgan fingerprint density at radius 1 is 1.39 bits per heavy atom. The number of benzene rings is 1. The molecule has 170 valence electrons. The minimum atomic E-state index is -3.15. The number of primary amides is 1. The van der Waals surface area contributed by atoms with E-state index in [9.17, 15) is 23.2 Å². The summed E-state index contributed by atoms with van der Waals surface area (Å²) in [6.07, 6.45) is 3.15. The van der Waals surface area contributed by atoms with E-state index in [1.54, 1.807) is 11.9 Å². The van der Waals surface area contributed by atoms with Gasteiger partial charge < -0.3 is 25.4 Å². The van der Waals surface area contributed by atoms with E-state index >= 15 is 0 Å². The molecule has 1 heterocycles. The van der Waals surface area contributed by atoms with Crippen molar-refractivity contribution in [2.24, 2.45) is 11.7 Å². The lowest BCUT2D eigenvalue weighted by Crippen LogP contribution is -2.52. The number of likely N-dealkylation sites (N-methyl/N-ethyl adjacent to an activating group) is 1. The number of ether oxygens (including phenoxy) is 2. The molecule has 1 saturated carbocycles. The molecule has 31 heavy (non-hydrogen) atoms. The molecule has 0 radical (unpaired) electrons. The first-order valence-corrected chi connectivity index (χ1v) is 10.0. The van der Waals surface area contributed by atoms with E-state index in [1.807, 2.05) is 0 Å². The van der Waals surface area contributed by atoms with Crippen LogP contribution in [0.2, 0.25) is 0 Å². The summed E-state index contributed by atoms with van der Waals surface area (Å²) in [5, 5.41) is 2.46. The van der Waals surface area contributed by atoms with Crippen LogP contribution in [0.5, 0.6) is 5.75 Å². The minimum absolute atomic E-state index is 0.0574. The lowest BCUT2D eigenvalue weighted by atomic mass is 9.85. The first-order chi connectivity index (χ1) is 14.8. The van der Waals surface area contributed by atoms with Gasteiger partial charge >= 0.3 is 6.61 Å². The van der Waals surface area contributed by atoms with Crippen molar-refractivity contribution < 1.29 is 32.6 Å². The molecule has 3 rings (SSSR count). The fourth-order valence-corrected chi connectivity index (χ4v) is 3.70. The van der Waals surface area contributed by atoms with Crippen LogP contribution in [0.15, 0.2) is 18.2 Å². The van der Waals surface area contributed by atoms with Crippen LogP contribution in [0.4, 0.5) is 20.2 Å². The Morgan fingerprint density at radius 2 is 2.13 bits per heavy atom. The van der Waals surface area contributed by atoms with Crippen LogP contribution in [0.3, 0.4) is 0 Å². The van der Waals surface area contributed by atoms with Gasteiger partial charge in [-0.15, -0.1) is 0 Å². The zero-order valence-electron chi connectivity index (χ0n) is 17.2. The number of nitrogens with two attached hydrogens (primary N) is 1. The van der Waals surface area contributed by atoms with E-state index < -0.39 is 24.5 Å². The van der Waals surface area contributed by atoms with Crippen LogP contribution >= 0.6 is 0 Å². The molecule has 11 heteroatoms. The van der Waals surface area contributed by atoms with Crippen molar-refractivity contribution in [1.82, 2.24) is 4.90 Å². The van der Waals surface area contributed by atoms with Crippen molar-refractivity contribution in [3.05, 3.63) is 18.2 Å². The number of carbonyl (C=O) groups is 3. The summed E-state index contributed by atoms with van der Waals surface area (Å²) in [7, 11) is 1.62. The molecule has 3 amide bonds. The molecular weight excluding hydrogens is 414 g/mol. The van der Waals surface area contributed by atoms with Gasteiger partial charge in [-0.05, 0) is 37.9 Å². The molecular formula is C20H26F2N4O5. The van der Waals surface area contributed by atoms with Crippen LogP contribution in [0.1, 0.15) is 19.3 Å². The van der Waals surface area contributed by atoms with Crippen molar-refractivity contribution in [3.63, 3.8) is 0 Å².